The van der Waals surface area contributed by atoms with E-state index in [0.29, 0.717) is 29.9 Å². The number of rotatable bonds is 10. The molecule has 0 saturated carbocycles. The van der Waals surface area contributed by atoms with Gasteiger partial charge in [-0.3, -0.25) is 9.59 Å². The average Bonchev–Trinajstić information content (AvgIpc) is 3.15. The van der Waals surface area contributed by atoms with Gasteiger partial charge in [-0.25, -0.2) is 4.98 Å². The Morgan fingerprint density at radius 1 is 1.22 bits per heavy atom. The molecule has 2 heterocycles. The highest BCUT2D eigenvalue weighted by Crippen LogP contribution is 2.38. The third-order valence-corrected chi connectivity index (χ3v) is 6.05. The van der Waals surface area contributed by atoms with Gasteiger partial charge in [-0.15, -0.1) is 0 Å². The van der Waals surface area contributed by atoms with Crippen LogP contribution in [0.2, 0.25) is 5.28 Å². The summed E-state index contributed by atoms with van der Waals surface area (Å²) in [6.45, 7) is 9.66. The van der Waals surface area contributed by atoms with Gasteiger partial charge < -0.3 is 24.5 Å². The third kappa shape index (κ3) is 6.50. The molecule has 1 aromatic carbocycles. The summed E-state index contributed by atoms with van der Waals surface area (Å²) in [5.74, 6) is -0.116. The molecule has 194 valence electrons. The standard InChI is InChI=1S/C25H32ClN5O5/c1-14-9-15(2)20(18(10-14)36-16(3)32)25(4,5)11-19(33)35-12-17(34-6)7-8-31-13-28-21-22(27)29-24(26)30-23(21)31/h9-10,13,17H,7-8,11-12H2,1-6H3,(H2,27,29,30). The summed E-state index contributed by atoms with van der Waals surface area (Å²) in [6, 6.07) is 3.81. The van der Waals surface area contributed by atoms with Crippen molar-refractivity contribution in [3.8, 4) is 5.75 Å². The molecule has 11 heteroatoms. The second-order valence-corrected chi connectivity index (χ2v) is 9.76. The van der Waals surface area contributed by atoms with Crippen LogP contribution < -0.4 is 10.5 Å². The maximum Gasteiger partial charge on any atom is 0.308 e. The predicted molar refractivity (Wildman–Crippen MR) is 136 cm³/mol. The number of carbonyl (C=O) groups excluding carboxylic acids is 2. The van der Waals surface area contributed by atoms with Gasteiger partial charge in [0.25, 0.3) is 0 Å². The second kappa shape index (κ2) is 11.2. The van der Waals surface area contributed by atoms with Crippen molar-refractivity contribution in [1.82, 2.24) is 19.5 Å². The van der Waals surface area contributed by atoms with Crippen LogP contribution in [0.25, 0.3) is 11.2 Å². The van der Waals surface area contributed by atoms with E-state index >= 15 is 0 Å². The lowest BCUT2D eigenvalue weighted by atomic mass is 9.78. The highest BCUT2D eigenvalue weighted by atomic mass is 35.5. The lowest BCUT2D eigenvalue weighted by molar-refractivity contribution is -0.148. The first-order valence-electron chi connectivity index (χ1n) is 11.5. The SMILES string of the molecule is COC(CCn1cnc2c(N)nc(Cl)nc21)COC(=O)CC(C)(C)c1c(C)cc(C)cc1OC(C)=O. The van der Waals surface area contributed by atoms with E-state index in [9.17, 15) is 9.59 Å². The van der Waals surface area contributed by atoms with Gasteiger partial charge in [0, 0.05) is 31.6 Å². The summed E-state index contributed by atoms with van der Waals surface area (Å²) in [7, 11) is 1.56. The fourth-order valence-corrected chi connectivity index (χ4v) is 4.54. The van der Waals surface area contributed by atoms with Crippen molar-refractivity contribution in [3.05, 3.63) is 40.4 Å². The number of carbonyl (C=O) groups is 2. The summed E-state index contributed by atoms with van der Waals surface area (Å²) in [5, 5.41) is 0.0438. The van der Waals surface area contributed by atoms with Crippen LogP contribution in [0, 0.1) is 13.8 Å². The first kappa shape index (κ1) is 27.3. The number of anilines is 1. The van der Waals surface area contributed by atoms with E-state index in [1.165, 1.54) is 6.92 Å². The summed E-state index contributed by atoms with van der Waals surface area (Å²) >= 11 is 5.93. The molecule has 1 unspecified atom stereocenters. The topological polar surface area (TPSA) is 131 Å². The molecule has 0 saturated heterocycles. The molecule has 2 aromatic heterocycles. The molecule has 0 aliphatic heterocycles. The Balaban J connectivity index is 1.63. The molecule has 36 heavy (non-hydrogen) atoms. The average molecular weight is 518 g/mol. The maximum absolute atomic E-state index is 12.8. The molecular weight excluding hydrogens is 486 g/mol. The normalized spacial score (nSPS) is 12.5. The monoisotopic (exact) mass is 517 g/mol. The predicted octanol–water partition coefficient (Wildman–Crippen LogP) is 3.92. The molecule has 0 spiro atoms. The molecule has 0 radical (unpaired) electrons. The molecule has 3 rings (SSSR count). The zero-order chi connectivity index (χ0) is 26.6. The third-order valence-electron chi connectivity index (χ3n) is 5.88. The van der Waals surface area contributed by atoms with E-state index in [1.807, 2.05) is 39.8 Å². The Morgan fingerprint density at radius 3 is 2.61 bits per heavy atom. The molecule has 3 aromatic rings. The number of benzene rings is 1. The molecule has 2 N–H and O–H groups in total. The van der Waals surface area contributed by atoms with E-state index in [2.05, 4.69) is 15.0 Å². The number of methoxy groups -OCH3 is 1. The van der Waals surface area contributed by atoms with Gasteiger partial charge in [0.05, 0.1) is 18.9 Å². The number of aromatic nitrogens is 4. The van der Waals surface area contributed by atoms with Crippen molar-refractivity contribution < 1.29 is 23.8 Å². The highest BCUT2D eigenvalue weighted by molar-refractivity contribution is 6.28. The number of imidazole rings is 1. The molecule has 0 bridgehead atoms. The van der Waals surface area contributed by atoms with Crippen LogP contribution in [-0.2, 0) is 31.0 Å². The van der Waals surface area contributed by atoms with E-state index in [-0.39, 0.29) is 36.2 Å². The van der Waals surface area contributed by atoms with Crippen LogP contribution in [0.3, 0.4) is 0 Å². The fourth-order valence-electron chi connectivity index (χ4n) is 4.37. The van der Waals surface area contributed by atoms with Crippen LogP contribution in [0.4, 0.5) is 5.82 Å². The van der Waals surface area contributed by atoms with E-state index < -0.39 is 11.4 Å². The van der Waals surface area contributed by atoms with Crippen LogP contribution in [0.5, 0.6) is 5.75 Å². The maximum atomic E-state index is 12.8. The summed E-state index contributed by atoms with van der Waals surface area (Å²) in [5.41, 5.74) is 8.94. The van der Waals surface area contributed by atoms with Crippen molar-refractivity contribution in [2.45, 2.75) is 65.5 Å². The number of nitrogen functional groups attached to an aromatic ring is 1. The number of nitrogens with two attached hydrogens (primary N) is 1. The number of fused-ring (bicyclic) bond motifs is 1. The Bertz CT molecular complexity index is 1270. The summed E-state index contributed by atoms with van der Waals surface area (Å²) in [4.78, 5) is 36.8. The first-order valence-corrected chi connectivity index (χ1v) is 11.9. The Hall–Kier alpha value is -3.24. The Morgan fingerprint density at radius 2 is 1.94 bits per heavy atom. The smallest absolute Gasteiger partial charge is 0.308 e. The Kier molecular flexibility index (Phi) is 8.52. The van der Waals surface area contributed by atoms with Crippen LogP contribution in [0.15, 0.2) is 18.5 Å². The molecular formula is C25H32ClN5O5. The van der Waals surface area contributed by atoms with E-state index in [1.54, 1.807) is 18.0 Å². The summed E-state index contributed by atoms with van der Waals surface area (Å²) < 4.78 is 18.3. The van der Waals surface area contributed by atoms with Gasteiger partial charge in [0.15, 0.2) is 11.5 Å². The zero-order valence-electron chi connectivity index (χ0n) is 21.4. The largest absolute Gasteiger partial charge is 0.463 e. The van der Waals surface area contributed by atoms with Crippen molar-refractivity contribution in [1.29, 1.82) is 0 Å². The zero-order valence-corrected chi connectivity index (χ0v) is 22.2. The minimum absolute atomic E-state index is 0.0438. The number of nitrogens with zero attached hydrogens (tertiary/aromatic N) is 4. The van der Waals surface area contributed by atoms with Gasteiger partial charge in [-0.2, -0.15) is 9.97 Å². The lowest BCUT2D eigenvalue weighted by Gasteiger charge is -2.29. The number of esters is 2. The number of ether oxygens (including phenoxy) is 3. The van der Waals surface area contributed by atoms with Gasteiger partial charge >= 0.3 is 11.9 Å². The van der Waals surface area contributed by atoms with Crippen LogP contribution in [0.1, 0.15) is 50.3 Å². The van der Waals surface area contributed by atoms with Gasteiger partial charge in [0.1, 0.15) is 17.9 Å². The number of hydrogen-bond acceptors (Lipinski definition) is 9. The fraction of sp³-hybridized carbons (Fsp3) is 0.480. The molecule has 0 amide bonds. The van der Waals surface area contributed by atoms with Gasteiger partial charge in [-0.1, -0.05) is 19.9 Å². The Labute approximate surface area is 215 Å². The first-order chi connectivity index (χ1) is 16.9. The van der Waals surface area contributed by atoms with Gasteiger partial charge in [-0.05, 0) is 49.1 Å². The number of hydrogen-bond donors (Lipinski definition) is 1. The molecule has 10 nitrogen and oxygen atoms in total. The van der Waals surface area contributed by atoms with Crippen molar-refractivity contribution >= 4 is 40.5 Å². The number of aryl methyl sites for hydroxylation is 3. The molecule has 1 atom stereocenters. The van der Waals surface area contributed by atoms with Crippen molar-refractivity contribution in [3.63, 3.8) is 0 Å². The lowest BCUT2D eigenvalue weighted by Crippen LogP contribution is -2.28. The van der Waals surface area contributed by atoms with Gasteiger partial charge in [0.2, 0.25) is 5.28 Å². The quantitative estimate of drug-likeness (QED) is 0.241. The minimum Gasteiger partial charge on any atom is -0.463 e. The molecule has 0 aliphatic rings. The van der Waals surface area contributed by atoms with Crippen molar-refractivity contribution in [2.75, 3.05) is 19.5 Å². The molecule has 0 fully saturated rings. The highest BCUT2D eigenvalue weighted by Gasteiger charge is 2.31. The van der Waals surface area contributed by atoms with Crippen LogP contribution in [-0.4, -0.2) is 51.3 Å². The van der Waals surface area contributed by atoms with Crippen molar-refractivity contribution in [2.24, 2.45) is 0 Å². The summed E-state index contributed by atoms with van der Waals surface area (Å²) in [6.07, 6.45) is 1.90. The van der Waals surface area contributed by atoms with Crippen LogP contribution >= 0.6 is 11.6 Å². The second-order valence-electron chi connectivity index (χ2n) is 9.43. The van der Waals surface area contributed by atoms with E-state index in [0.717, 1.165) is 16.7 Å². The minimum atomic E-state index is -0.628. The molecule has 0 aliphatic carbocycles. The number of halogens is 1. The van der Waals surface area contributed by atoms with E-state index in [4.69, 9.17) is 31.5 Å².